The number of hydrogen-bond acceptors (Lipinski definition) is 6. The number of ether oxygens (including phenoxy) is 3. The van der Waals surface area contributed by atoms with Gasteiger partial charge in [-0.1, -0.05) is 42.5 Å². The third-order valence-electron chi connectivity index (χ3n) is 5.76. The third kappa shape index (κ3) is 3.93. The quantitative estimate of drug-likeness (QED) is 0.739. The average Bonchev–Trinajstić information content (AvgIpc) is 2.78. The molecular formula is C25H25NO5. The Labute approximate surface area is 181 Å². The van der Waals surface area contributed by atoms with E-state index in [0.717, 1.165) is 11.1 Å². The fourth-order valence-corrected chi connectivity index (χ4v) is 4.31. The van der Waals surface area contributed by atoms with Gasteiger partial charge in [-0.3, -0.25) is 4.79 Å². The number of benzene rings is 2. The first-order chi connectivity index (χ1) is 15.0. The molecule has 0 fully saturated rings. The van der Waals surface area contributed by atoms with Gasteiger partial charge in [0.05, 0.1) is 19.6 Å². The highest BCUT2D eigenvalue weighted by Gasteiger charge is 2.43. The van der Waals surface area contributed by atoms with Gasteiger partial charge in [-0.25, -0.2) is 4.79 Å². The molecule has 4 rings (SSSR count). The van der Waals surface area contributed by atoms with Gasteiger partial charge >= 0.3 is 5.97 Å². The summed E-state index contributed by atoms with van der Waals surface area (Å²) in [5, 5.41) is 0. The van der Waals surface area contributed by atoms with E-state index in [2.05, 4.69) is 0 Å². The summed E-state index contributed by atoms with van der Waals surface area (Å²) in [7, 11) is 1.58. The molecule has 6 heteroatoms. The second-order valence-electron chi connectivity index (χ2n) is 7.58. The van der Waals surface area contributed by atoms with E-state index in [0.29, 0.717) is 29.9 Å². The number of ketones is 1. The minimum Gasteiger partial charge on any atom is -0.497 e. The Morgan fingerprint density at radius 3 is 2.42 bits per heavy atom. The number of carbonyl (C=O) groups is 2. The number of allylic oxidation sites excluding steroid dienone is 2. The van der Waals surface area contributed by atoms with Crippen molar-refractivity contribution >= 4 is 11.8 Å². The molecule has 6 nitrogen and oxygen atoms in total. The maximum absolute atomic E-state index is 13.4. The van der Waals surface area contributed by atoms with Gasteiger partial charge in [-0.05, 0) is 36.1 Å². The van der Waals surface area contributed by atoms with Crippen molar-refractivity contribution in [2.75, 3.05) is 13.7 Å². The lowest BCUT2D eigenvalue weighted by atomic mass is 9.73. The molecule has 0 aromatic heterocycles. The van der Waals surface area contributed by atoms with Crippen molar-refractivity contribution in [3.8, 4) is 5.75 Å². The third-order valence-corrected chi connectivity index (χ3v) is 5.76. The Morgan fingerprint density at radius 2 is 1.77 bits per heavy atom. The van der Waals surface area contributed by atoms with Crippen LogP contribution in [0.15, 0.2) is 77.4 Å². The summed E-state index contributed by atoms with van der Waals surface area (Å²) in [6, 6.07) is 17.1. The fourth-order valence-electron chi connectivity index (χ4n) is 4.31. The summed E-state index contributed by atoms with van der Waals surface area (Å²) in [5.74, 6) is -0.0795. The van der Waals surface area contributed by atoms with Crippen LogP contribution in [-0.4, -0.2) is 25.5 Å². The zero-order valence-electron chi connectivity index (χ0n) is 17.6. The van der Waals surface area contributed by atoms with Crippen molar-refractivity contribution in [2.24, 2.45) is 5.73 Å². The minimum absolute atomic E-state index is 0.000843. The summed E-state index contributed by atoms with van der Waals surface area (Å²) in [5.41, 5.74) is 8.70. The van der Waals surface area contributed by atoms with Gasteiger partial charge in [-0.15, -0.1) is 0 Å². The van der Waals surface area contributed by atoms with Gasteiger partial charge in [0.1, 0.15) is 17.1 Å². The predicted molar refractivity (Wildman–Crippen MR) is 115 cm³/mol. The molecule has 2 aromatic rings. The Morgan fingerprint density at radius 1 is 1.06 bits per heavy atom. The Kier molecular flexibility index (Phi) is 5.80. The molecule has 0 bridgehead atoms. The van der Waals surface area contributed by atoms with Crippen LogP contribution < -0.4 is 10.5 Å². The molecule has 1 aliphatic heterocycles. The second kappa shape index (κ2) is 8.68. The number of Topliss-reactive ketones (excluding diaryl/α,β-unsaturated/α-hetero) is 1. The fraction of sp³-hybridized carbons (Fsp3) is 0.280. The first-order valence-corrected chi connectivity index (χ1v) is 10.3. The molecule has 2 atom stereocenters. The molecular weight excluding hydrogens is 394 g/mol. The van der Waals surface area contributed by atoms with Crippen molar-refractivity contribution in [2.45, 2.75) is 31.6 Å². The van der Waals surface area contributed by atoms with E-state index in [4.69, 9.17) is 19.9 Å². The molecule has 31 heavy (non-hydrogen) atoms. The summed E-state index contributed by atoms with van der Waals surface area (Å²) >= 11 is 0. The van der Waals surface area contributed by atoms with Crippen molar-refractivity contribution in [1.29, 1.82) is 0 Å². The normalized spacial score (nSPS) is 20.8. The van der Waals surface area contributed by atoms with E-state index >= 15 is 0 Å². The van der Waals surface area contributed by atoms with Gasteiger partial charge in [0.25, 0.3) is 0 Å². The van der Waals surface area contributed by atoms with E-state index in [1.807, 2.05) is 42.5 Å². The van der Waals surface area contributed by atoms with Crippen LogP contribution in [0.2, 0.25) is 0 Å². The monoisotopic (exact) mass is 419 g/mol. The summed E-state index contributed by atoms with van der Waals surface area (Å²) < 4.78 is 16.4. The molecule has 1 aliphatic carbocycles. The molecule has 0 saturated heterocycles. The lowest BCUT2D eigenvalue weighted by Gasteiger charge is -2.35. The van der Waals surface area contributed by atoms with Crippen LogP contribution in [0.1, 0.15) is 42.7 Å². The van der Waals surface area contributed by atoms with Crippen LogP contribution in [0, 0.1) is 0 Å². The lowest BCUT2D eigenvalue weighted by Crippen LogP contribution is -2.33. The standard InChI is InChI=1S/C25H25NO5/c1-3-30-25(28)23-21(16-9-11-18(29-2)12-10-16)22-19(27)13-17(14-20(22)31-24(23)26)15-7-5-4-6-8-15/h4-12,17,21H,3,13-14,26H2,1-2H3. The second-order valence-corrected chi connectivity index (χ2v) is 7.58. The maximum atomic E-state index is 13.4. The van der Waals surface area contributed by atoms with Crippen molar-refractivity contribution < 1.29 is 23.8 Å². The SMILES string of the molecule is CCOC(=O)C1=C(N)OC2=C(C(=O)CC(c3ccccc3)C2)C1c1ccc(OC)cc1. The van der Waals surface area contributed by atoms with Crippen LogP contribution in [0.25, 0.3) is 0 Å². The van der Waals surface area contributed by atoms with Crippen molar-refractivity contribution in [1.82, 2.24) is 0 Å². The van der Waals surface area contributed by atoms with Gasteiger partial charge in [0.2, 0.25) is 5.88 Å². The first-order valence-electron chi connectivity index (χ1n) is 10.3. The van der Waals surface area contributed by atoms with E-state index in [9.17, 15) is 9.59 Å². The summed E-state index contributed by atoms with van der Waals surface area (Å²) in [4.78, 5) is 26.2. The topological polar surface area (TPSA) is 87.9 Å². The molecule has 2 aliphatic rings. The van der Waals surface area contributed by atoms with Crippen LogP contribution >= 0.6 is 0 Å². The van der Waals surface area contributed by atoms with E-state index in [1.54, 1.807) is 26.2 Å². The number of rotatable bonds is 5. The number of hydrogen-bond donors (Lipinski definition) is 1. The number of nitrogens with two attached hydrogens (primary N) is 1. The highest BCUT2D eigenvalue weighted by atomic mass is 16.5. The van der Waals surface area contributed by atoms with Gasteiger partial charge in [-0.2, -0.15) is 0 Å². The van der Waals surface area contributed by atoms with Crippen LogP contribution in [0.3, 0.4) is 0 Å². The molecule has 0 radical (unpaired) electrons. The number of esters is 1. The first kappa shape index (κ1) is 20.7. The van der Waals surface area contributed by atoms with Gasteiger partial charge in [0, 0.05) is 18.4 Å². The molecule has 2 N–H and O–H groups in total. The molecule has 2 aromatic carbocycles. The maximum Gasteiger partial charge on any atom is 0.340 e. The van der Waals surface area contributed by atoms with Gasteiger partial charge in [0.15, 0.2) is 5.78 Å². The minimum atomic E-state index is -0.641. The zero-order valence-corrected chi connectivity index (χ0v) is 17.6. The molecule has 160 valence electrons. The molecule has 0 amide bonds. The van der Waals surface area contributed by atoms with Crippen LogP contribution in [0.5, 0.6) is 5.75 Å². The van der Waals surface area contributed by atoms with E-state index < -0.39 is 11.9 Å². The van der Waals surface area contributed by atoms with Crippen molar-refractivity contribution in [3.63, 3.8) is 0 Å². The summed E-state index contributed by atoms with van der Waals surface area (Å²) in [6.07, 6.45) is 0.878. The lowest BCUT2D eigenvalue weighted by molar-refractivity contribution is -0.139. The highest BCUT2D eigenvalue weighted by molar-refractivity contribution is 6.03. The molecule has 0 saturated carbocycles. The van der Waals surface area contributed by atoms with Crippen LogP contribution in [-0.2, 0) is 19.1 Å². The smallest absolute Gasteiger partial charge is 0.340 e. The van der Waals surface area contributed by atoms with Gasteiger partial charge < -0.3 is 19.9 Å². The predicted octanol–water partition coefficient (Wildman–Crippen LogP) is 3.94. The number of methoxy groups -OCH3 is 1. The number of carbonyl (C=O) groups excluding carboxylic acids is 2. The Hall–Kier alpha value is -3.54. The average molecular weight is 419 g/mol. The van der Waals surface area contributed by atoms with Crippen LogP contribution in [0.4, 0.5) is 0 Å². The van der Waals surface area contributed by atoms with E-state index in [-0.39, 0.29) is 29.8 Å². The summed E-state index contributed by atoms with van der Waals surface area (Å²) in [6.45, 7) is 1.92. The largest absolute Gasteiger partial charge is 0.497 e. The van der Waals surface area contributed by atoms with Crippen molar-refractivity contribution in [3.05, 3.63) is 88.5 Å². The molecule has 0 spiro atoms. The zero-order chi connectivity index (χ0) is 22.0. The Balaban J connectivity index is 1.79. The Bertz CT molecular complexity index is 1050. The molecule has 1 heterocycles. The van der Waals surface area contributed by atoms with E-state index in [1.165, 1.54) is 0 Å². The highest BCUT2D eigenvalue weighted by Crippen LogP contribution is 2.47. The molecule has 2 unspecified atom stereocenters.